The largest absolute Gasteiger partial charge is 0.481 e. The first-order valence-corrected chi connectivity index (χ1v) is 9.82. The molecule has 152 valence electrons. The average Bonchev–Trinajstić information content (AvgIpc) is 2.96. The van der Waals surface area contributed by atoms with E-state index in [4.69, 9.17) is 9.90 Å². The van der Waals surface area contributed by atoms with Crippen molar-refractivity contribution in [2.75, 3.05) is 19.6 Å². The molecule has 0 spiro atoms. The highest BCUT2D eigenvalue weighted by Crippen LogP contribution is 2.27. The Morgan fingerprint density at radius 2 is 2.07 bits per heavy atom. The molecule has 2 aliphatic rings. The smallest absolute Gasteiger partial charge is 0.300 e. The number of nitrogens with zero attached hydrogens (tertiary/aromatic N) is 1. The Bertz CT molecular complexity index is 860. The van der Waals surface area contributed by atoms with E-state index in [9.17, 15) is 9.18 Å². The normalized spacial score (nSPS) is 21.6. The molecule has 2 fully saturated rings. The number of aromatic nitrogens is 1. The van der Waals surface area contributed by atoms with Gasteiger partial charge in [0.15, 0.2) is 0 Å². The molecular weight excluding hydrogens is 361 g/mol. The lowest BCUT2D eigenvalue weighted by molar-refractivity contribution is -0.134. The van der Waals surface area contributed by atoms with Crippen LogP contribution in [0.15, 0.2) is 18.2 Å². The number of hydrogen-bond acceptors (Lipinski definition) is 3. The summed E-state index contributed by atoms with van der Waals surface area (Å²) in [6.07, 6.45) is 3.79. The summed E-state index contributed by atoms with van der Waals surface area (Å²) in [5, 5.41) is 11.8. The fraction of sp³-hybridized carbons (Fsp3) is 0.524. The Kier molecular flexibility index (Phi) is 6.34. The van der Waals surface area contributed by atoms with Gasteiger partial charge in [0, 0.05) is 42.7 Å². The summed E-state index contributed by atoms with van der Waals surface area (Å²) >= 11 is 0. The third-order valence-corrected chi connectivity index (χ3v) is 5.65. The SMILES string of the molecule is CC(=O)O.Cc1[nH]c2ccc(F)cc2c1CC(=O)N1CC[C@@H]2NCCC[C@@H]2C1. The van der Waals surface area contributed by atoms with Gasteiger partial charge in [-0.25, -0.2) is 4.39 Å². The molecule has 0 radical (unpaired) electrons. The van der Waals surface area contributed by atoms with Gasteiger partial charge in [-0.1, -0.05) is 0 Å². The molecule has 1 aromatic heterocycles. The summed E-state index contributed by atoms with van der Waals surface area (Å²) in [6, 6.07) is 5.29. The van der Waals surface area contributed by atoms with Crippen LogP contribution in [-0.4, -0.2) is 52.5 Å². The van der Waals surface area contributed by atoms with Crippen molar-refractivity contribution in [3.05, 3.63) is 35.3 Å². The van der Waals surface area contributed by atoms with E-state index in [0.29, 0.717) is 18.4 Å². The van der Waals surface area contributed by atoms with Gasteiger partial charge >= 0.3 is 0 Å². The second-order valence-corrected chi connectivity index (χ2v) is 7.71. The van der Waals surface area contributed by atoms with E-state index >= 15 is 0 Å². The third kappa shape index (κ3) is 4.70. The number of carboxylic acids is 1. The van der Waals surface area contributed by atoms with Gasteiger partial charge in [-0.15, -0.1) is 0 Å². The van der Waals surface area contributed by atoms with Crippen molar-refractivity contribution in [2.24, 2.45) is 5.92 Å². The van der Waals surface area contributed by atoms with Crippen LogP contribution in [0.3, 0.4) is 0 Å². The molecule has 4 rings (SSSR count). The van der Waals surface area contributed by atoms with Gasteiger partial charge in [0.05, 0.1) is 6.42 Å². The molecule has 2 saturated heterocycles. The second-order valence-electron chi connectivity index (χ2n) is 7.71. The van der Waals surface area contributed by atoms with Gasteiger partial charge in [0.25, 0.3) is 5.97 Å². The molecule has 1 aromatic carbocycles. The van der Waals surface area contributed by atoms with E-state index in [1.165, 1.54) is 25.0 Å². The van der Waals surface area contributed by atoms with Crippen LogP contribution in [-0.2, 0) is 16.0 Å². The van der Waals surface area contributed by atoms with Crippen LogP contribution in [0.4, 0.5) is 4.39 Å². The maximum Gasteiger partial charge on any atom is 0.300 e. The van der Waals surface area contributed by atoms with Gasteiger partial charge in [-0.2, -0.15) is 0 Å². The molecule has 3 heterocycles. The Morgan fingerprint density at radius 3 is 2.82 bits per heavy atom. The average molecular weight is 389 g/mol. The third-order valence-electron chi connectivity index (χ3n) is 5.65. The highest BCUT2D eigenvalue weighted by Gasteiger charge is 2.33. The van der Waals surface area contributed by atoms with Crippen LogP contribution >= 0.6 is 0 Å². The quantitative estimate of drug-likeness (QED) is 0.737. The van der Waals surface area contributed by atoms with E-state index < -0.39 is 5.97 Å². The highest BCUT2D eigenvalue weighted by atomic mass is 19.1. The first-order chi connectivity index (χ1) is 13.3. The van der Waals surface area contributed by atoms with Crippen LogP contribution in [0.2, 0.25) is 0 Å². The van der Waals surface area contributed by atoms with Crippen molar-refractivity contribution >= 4 is 22.8 Å². The van der Waals surface area contributed by atoms with Crippen LogP contribution in [0, 0.1) is 18.7 Å². The summed E-state index contributed by atoms with van der Waals surface area (Å²) in [6.45, 7) is 5.82. The first kappa shape index (κ1) is 20.3. The number of fused-ring (bicyclic) bond motifs is 2. The zero-order valence-corrected chi connectivity index (χ0v) is 16.4. The monoisotopic (exact) mass is 389 g/mol. The summed E-state index contributed by atoms with van der Waals surface area (Å²) in [7, 11) is 0. The molecule has 28 heavy (non-hydrogen) atoms. The van der Waals surface area contributed by atoms with E-state index in [2.05, 4.69) is 10.3 Å². The van der Waals surface area contributed by atoms with Gasteiger partial charge in [-0.05, 0) is 62.4 Å². The fourth-order valence-electron chi connectivity index (χ4n) is 4.32. The zero-order chi connectivity index (χ0) is 20.3. The summed E-state index contributed by atoms with van der Waals surface area (Å²) < 4.78 is 13.6. The molecule has 0 aliphatic carbocycles. The lowest BCUT2D eigenvalue weighted by Crippen LogP contribution is -2.53. The Morgan fingerprint density at radius 1 is 1.32 bits per heavy atom. The number of piperidine rings is 2. The number of carbonyl (C=O) groups is 2. The topological polar surface area (TPSA) is 85.4 Å². The van der Waals surface area contributed by atoms with Gasteiger partial charge in [-0.3, -0.25) is 9.59 Å². The van der Waals surface area contributed by atoms with Gasteiger partial charge < -0.3 is 20.3 Å². The molecule has 0 bridgehead atoms. The number of hydrogen-bond donors (Lipinski definition) is 3. The molecular formula is C21H28FN3O3. The van der Waals surface area contributed by atoms with Crippen molar-refractivity contribution in [1.82, 2.24) is 15.2 Å². The molecule has 1 amide bonds. The lowest BCUT2D eigenvalue weighted by Gasteiger charge is -2.41. The predicted octanol–water partition coefficient (Wildman–Crippen LogP) is 2.85. The van der Waals surface area contributed by atoms with Crippen molar-refractivity contribution in [2.45, 2.75) is 45.6 Å². The standard InChI is InChI=1S/C19H24FN3O.C2H4O2/c1-12-15(16-9-14(20)4-5-18(16)22-12)10-19(24)23-8-6-17-13(11-23)3-2-7-21-17;1-2(3)4/h4-5,9,13,17,21-22H,2-3,6-8,10-11H2,1H3;1H3,(H,3,4)/t13-,17+;/m1./s1. The van der Waals surface area contributed by atoms with Crippen molar-refractivity contribution in [3.8, 4) is 0 Å². The molecule has 2 aromatic rings. The van der Waals surface area contributed by atoms with Crippen LogP contribution in [0.1, 0.15) is 37.4 Å². The van der Waals surface area contributed by atoms with Crippen molar-refractivity contribution < 1.29 is 19.1 Å². The maximum absolute atomic E-state index is 13.6. The molecule has 3 N–H and O–H groups in total. The Balaban J connectivity index is 0.000000516. The predicted molar refractivity (Wildman–Crippen MR) is 106 cm³/mol. The maximum atomic E-state index is 13.6. The van der Waals surface area contributed by atoms with Crippen molar-refractivity contribution in [1.29, 1.82) is 0 Å². The minimum atomic E-state index is -0.833. The summed E-state index contributed by atoms with van der Waals surface area (Å²) in [5.41, 5.74) is 2.78. The van der Waals surface area contributed by atoms with Crippen LogP contribution in [0.5, 0.6) is 0 Å². The highest BCUT2D eigenvalue weighted by molar-refractivity contribution is 5.90. The van der Waals surface area contributed by atoms with Gasteiger partial charge in [0.1, 0.15) is 5.82 Å². The molecule has 2 atom stereocenters. The molecule has 0 unspecified atom stereocenters. The number of aliphatic carboxylic acids is 1. The van der Waals surface area contributed by atoms with E-state index in [1.54, 1.807) is 6.07 Å². The molecule has 2 aliphatic heterocycles. The number of amides is 1. The van der Waals surface area contributed by atoms with E-state index in [1.807, 2.05) is 11.8 Å². The number of carboxylic acid groups (broad SMARTS) is 1. The molecule has 0 saturated carbocycles. The summed E-state index contributed by atoms with van der Waals surface area (Å²) in [4.78, 5) is 27.1. The zero-order valence-electron chi connectivity index (χ0n) is 16.4. The molecule has 7 heteroatoms. The van der Waals surface area contributed by atoms with Crippen LogP contribution in [0.25, 0.3) is 10.9 Å². The van der Waals surface area contributed by atoms with Gasteiger partial charge in [0.2, 0.25) is 5.91 Å². The second kappa shape index (κ2) is 8.73. The number of carbonyl (C=O) groups excluding carboxylic acids is 1. The first-order valence-electron chi connectivity index (χ1n) is 9.82. The number of aromatic amines is 1. The number of aryl methyl sites for hydroxylation is 1. The lowest BCUT2D eigenvalue weighted by atomic mass is 9.85. The number of rotatable bonds is 2. The van der Waals surface area contributed by atoms with E-state index in [0.717, 1.165) is 55.1 Å². The number of H-pyrrole nitrogens is 1. The van der Waals surface area contributed by atoms with E-state index in [-0.39, 0.29) is 11.7 Å². The fourth-order valence-corrected chi connectivity index (χ4v) is 4.32. The van der Waals surface area contributed by atoms with Crippen molar-refractivity contribution in [3.63, 3.8) is 0 Å². The number of nitrogens with one attached hydrogen (secondary N) is 2. The Labute approximate surface area is 164 Å². The number of benzene rings is 1. The van der Waals surface area contributed by atoms with Crippen LogP contribution < -0.4 is 5.32 Å². The Hall–Kier alpha value is -2.41. The minimum absolute atomic E-state index is 0.160. The minimum Gasteiger partial charge on any atom is -0.481 e. The number of likely N-dealkylation sites (tertiary alicyclic amines) is 1. The number of halogens is 1. The summed E-state index contributed by atoms with van der Waals surface area (Å²) in [5.74, 6) is -0.352. The molecule has 6 nitrogen and oxygen atoms in total.